The maximum atomic E-state index is 12.8. The Morgan fingerprint density at radius 2 is 1.70 bits per heavy atom. The van der Waals surface area contributed by atoms with Crippen LogP contribution in [0.25, 0.3) is 0 Å². The van der Waals surface area contributed by atoms with Crippen molar-refractivity contribution in [2.75, 3.05) is 25.1 Å². The highest BCUT2D eigenvalue weighted by Gasteiger charge is 2.34. The average molecular weight is 368 g/mol. The van der Waals surface area contributed by atoms with Gasteiger partial charge >= 0.3 is 0 Å². The first-order chi connectivity index (χ1) is 13.0. The largest absolute Gasteiger partial charge is 0.497 e. The van der Waals surface area contributed by atoms with Crippen LogP contribution in [0.3, 0.4) is 0 Å². The van der Waals surface area contributed by atoms with E-state index in [0.717, 1.165) is 22.6 Å². The molecule has 1 atom stereocenters. The number of ether oxygens (including phenoxy) is 1. The van der Waals surface area contributed by atoms with Gasteiger partial charge in [-0.3, -0.25) is 9.59 Å². The quantitative estimate of drug-likeness (QED) is 0.876. The lowest BCUT2D eigenvalue weighted by Crippen LogP contribution is -2.58. The van der Waals surface area contributed by atoms with Crippen molar-refractivity contribution in [2.24, 2.45) is 0 Å². The number of carbonyl (C=O) groups is 2. The standard InChI is InChI=1S/C21H24N2O4/c1-15-21(26)23(18-7-9-19(27-2)10-8-18)12-11-22(15)20(25)13-16-3-5-17(14-24)6-4-16/h3-10,15,24H,11-14H2,1-2H3/t15-/m0/s1. The Hall–Kier alpha value is -2.86. The Balaban J connectivity index is 1.66. The van der Waals surface area contributed by atoms with Crippen LogP contribution in [-0.2, 0) is 22.6 Å². The van der Waals surface area contributed by atoms with Crippen LogP contribution >= 0.6 is 0 Å². The summed E-state index contributed by atoms with van der Waals surface area (Å²) in [6.45, 7) is 2.70. The summed E-state index contributed by atoms with van der Waals surface area (Å²) in [7, 11) is 1.60. The van der Waals surface area contributed by atoms with Gasteiger partial charge < -0.3 is 19.6 Å². The van der Waals surface area contributed by atoms with E-state index in [-0.39, 0.29) is 24.8 Å². The van der Waals surface area contributed by atoms with Crippen molar-refractivity contribution in [2.45, 2.75) is 26.0 Å². The summed E-state index contributed by atoms with van der Waals surface area (Å²) in [5, 5.41) is 9.10. The molecule has 1 heterocycles. The Bertz CT molecular complexity index is 802. The van der Waals surface area contributed by atoms with Gasteiger partial charge in [-0.2, -0.15) is 0 Å². The number of hydrogen-bond donors (Lipinski definition) is 1. The highest BCUT2D eigenvalue weighted by atomic mass is 16.5. The third kappa shape index (κ3) is 4.11. The molecule has 0 saturated carbocycles. The molecule has 1 N–H and O–H groups in total. The van der Waals surface area contributed by atoms with E-state index in [1.165, 1.54) is 0 Å². The van der Waals surface area contributed by atoms with Gasteiger partial charge in [0.2, 0.25) is 11.8 Å². The molecular formula is C21H24N2O4. The third-order valence-corrected chi connectivity index (χ3v) is 4.92. The minimum atomic E-state index is -0.509. The zero-order valence-corrected chi connectivity index (χ0v) is 15.6. The topological polar surface area (TPSA) is 70.1 Å². The van der Waals surface area contributed by atoms with Crippen molar-refractivity contribution in [3.05, 3.63) is 59.7 Å². The number of methoxy groups -OCH3 is 1. The van der Waals surface area contributed by atoms with Gasteiger partial charge in [0.05, 0.1) is 20.1 Å². The van der Waals surface area contributed by atoms with E-state index in [0.29, 0.717) is 13.1 Å². The molecule has 6 heteroatoms. The van der Waals surface area contributed by atoms with Crippen LogP contribution in [0.4, 0.5) is 5.69 Å². The molecule has 0 unspecified atom stereocenters. The van der Waals surface area contributed by atoms with Crippen LogP contribution in [0.5, 0.6) is 5.75 Å². The lowest BCUT2D eigenvalue weighted by molar-refractivity contribution is -0.140. The van der Waals surface area contributed by atoms with Crippen molar-refractivity contribution in [1.82, 2.24) is 4.90 Å². The number of benzene rings is 2. The monoisotopic (exact) mass is 368 g/mol. The predicted molar refractivity (Wildman–Crippen MR) is 103 cm³/mol. The molecule has 0 aliphatic carbocycles. The maximum absolute atomic E-state index is 12.8. The molecule has 1 saturated heterocycles. The number of hydrogen-bond acceptors (Lipinski definition) is 4. The first-order valence-electron chi connectivity index (χ1n) is 8.97. The van der Waals surface area contributed by atoms with Gasteiger partial charge in [-0.1, -0.05) is 24.3 Å². The zero-order valence-electron chi connectivity index (χ0n) is 15.6. The van der Waals surface area contributed by atoms with Gasteiger partial charge in [-0.15, -0.1) is 0 Å². The van der Waals surface area contributed by atoms with E-state index in [1.807, 2.05) is 36.4 Å². The average Bonchev–Trinajstić information content (AvgIpc) is 2.70. The Morgan fingerprint density at radius 3 is 2.30 bits per heavy atom. The second-order valence-electron chi connectivity index (χ2n) is 6.60. The SMILES string of the molecule is COc1ccc(N2CCN(C(=O)Cc3ccc(CO)cc3)[C@@H](C)C2=O)cc1. The van der Waals surface area contributed by atoms with Crippen LogP contribution < -0.4 is 9.64 Å². The molecule has 1 fully saturated rings. The molecular weight excluding hydrogens is 344 g/mol. The van der Waals surface area contributed by atoms with Gasteiger partial charge in [0.25, 0.3) is 0 Å². The van der Waals surface area contributed by atoms with Crippen molar-refractivity contribution < 1.29 is 19.4 Å². The molecule has 1 aliphatic heterocycles. The number of aliphatic hydroxyl groups is 1. The number of aliphatic hydroxyl groups excluding tert-OH is 1. The van der Waals surface area contributed by atoms with E-state index in [4.69, 9.17) is 9.84 Å². The summed E-state index contributed by atoms with van der Waals surface area (Å²) in [5.41, 5.74) is 2.48. The van der Waals surface area contributed by atoms with Crippen molar-refractivity contribution in [1.29, 1.82) is 0 Å². The van der Waals surface area contributed by atoms with E-state index in [9.17, 15) is 9.59 Å². The van der Waals surface area contributed by atoms with E-state index in [2.05, 4.69) is 0 Å². The van der Waals surface area contributed by atoms with Gasteiger partial charge in [-0.25, -0.2) is 0 Å². The van der Waals surface area contributed by atoms with Crippen molar-refractivity contribution >= 4 is 17.5 Å². The number of amides is 2. The van der Waals surface area contributed by atoms with Gasteiger partial charge in [0.1, 0.15) is 11.8 Å². The van der Waals surface area contributed by atoms with E-state index >= 15 is 0 Å². The highest BCUT2D eigenvalue weighted by molar-refractivity contribution is 6.00. The first-order valence-corrected chi connectivity index (χ1v) is 8.97. The van der Waals surface area contributed by atoms with Gasteiger partial charge in [-0.05, 0) is 42.3 Å². The summed E-state index contributed by atoms with van der Waals surface area (Å²) < 4.78 is 5.15. The zero-order chi connectivity index (χ0) is 19.4. The van der Waals surface area contributed by atoms with Crippen LogP contribution in [-0.4, -0.2) is 48.1 Å². The fourth-order valence-electron chi connectivity index (χ4n) is 3.27. The summed E-state index contributed by atoms with van der Waals surface area (Å²) >= 11 is 0. The van der Waals surface area contributed by atoms with E-state index < -0.39 is 6.04 Å². The third-order valence-electron chi connectivity index (χ3n) is 4.92. The van der Waals surface area contributed by atoms with Crippen LogP contribution in [0.2, 0.25) is 0 Å². The molecule has 0 aromatic heterocycles. The van der Waals surface area contributed by atoms with Gasteiger partial charge in [0, 0.05) is 18.8 Å². The van der Waals surface area contributed by atoms with Crippen molar-refractivity contribution in [3.8, 4) is 5.75 Å². The van der Waals surface area contributed by atoms with Crippen molar-refractivity contribution in [3.63, 3.8) is 0 Å². The molecule has 0 spiro atoms. The normalized spacial score (nSPS) is 17.1. The molecule has 142 valence electrons. The fraction of sp³-hybridized carbons (Fsp3) is 0.333. The minimum absolute atomic E-state index is 0.0208. The molecule has 6 nitrogen and oxygen atoms in total. The van der Waals surface area contributed by atoms with E-state index in [1.54, 1.807) is 36.0 Å². The van der Waals surface area contributed by atoms with Crippen LogP contribution in [0, 0.1) is 0 Å². The molecule has 3 rings (SSSR count). The second kappa shape index (κ2) is 8.22. The van der Waals surface area contributed by atoms with Crippen LogP contribution in [0.1, 0.15) is 18.1 Å². The molecule has 0 bridgehead atoms. The lowest BCUT2D eigenvalue weighted by atomic mass is 10.1. The molecule has 1 aliphatic rings. The predicted octanol–water partition coefficient (Wildman–Crippen LogP) is 1.99. The summed E-state index contributed by atoms with van der Waals surface area (Å²) in [6, 6.07) is 14.1. The number of anilines is 1. The number of rotatable bonds is 5. The molecule has 0 radical (unpaired) electrons. The molecule has 2 aromatic rings. The first kappa shape index (κ1) is 18.9. The highest BCUT2D eigenvalue weighted by Crippen LogP contribution is 2.23. The second-order valence-corrected chi connectivity index (χ2v) is 6.60. The Labute approximate surface area is 159 Å². The lowest BCUT2D eigenvalue weighted by Gasteiger charge is -2.39. The smallest absolute Gasteiger partial charge is 0.249 e. The fourth-order valence-corrected chi connectivity index (χ4v) is 3.27. The Kier molecular flexibility index (Phi) is 5.76. The summed E-state index contributed by atoms with van der Waals surface area (Å²) in [5.74, 6) is 0.581. The van der Waals surface area contributed by atoms with Gasteiger partial charge in [0.15, 0.2) is 0 Å². The molecule has 27 heavy (non-hydrogen) atoms. The number of carbonyl (C=O) groups excluding carboxylic acids is 2. The number of piperazine rings is 1. The van der Waals surface area contributed by atoms with Crippen LogP contribution in [0.15, 0.2) is 48.5 Å². The Morgan fingerprint density at radius 1 is 1.07 bits per heavy atom. The molecule has 2 amide bonds. The maximum Gasteiger partial charge on any atom is 0.249 e. The molecule has 2 aromatic carbocycles. The summed E-state index contributed by atoms with van der Waals surface area (Å²) in [6.07, 6.45) is 0.242. The summed E-state index contributed by atoms with van der Waals surface area (Å²) in [4.78, 5) is 28.9. The minimum Gasteiger partial charge on any atom is -0.497 e. The number of nitrogens with zero attached hydrogens (tertiary/aromatic N) is 2.